The molecule has 1 atom stereocenters. The third-order valence-electron chi connectivity index (χ3n) is 2.70. The van der Waals surface area contributed by atoms with Crippen LogP contribution in [0.3, 0.4) is 0 Å². The quantitative estimate of drug-likeness (QED) is 0.831. The number of halogens is 3. The van der Waals surface area contributed by atoms with Gasteiger partial charge in [-0.05, 0) is 45.3 Å². The van der Waals surface area contributed by atoms with Crippen molar-refractivity contribution in [2.45, 2.75) is 12.5 Å². The van der Waals surface area contributed by atoms with E-state index in [1.165, 1.54) is 6.07 Å². The Hall–Kier alpha value is -0.710. The van der Waals surface area contributed by atoms with Gasteiger partial charge in [-0.25, -0.2) is 4.39 Å². The molecule has 0 spiro atoms. The van der Waals surface area contributed by atoms with Crippen LogP contribution in [0.5, 0.6) is 0 Å². The van der Waals surface area contributed by atoms with Crippen molar-refractivity contribution in [3.63, 3.8) is 0 Å². The van der Waals surface area contributed by atoms with Crippen molar-refractivity contribution in [2.24, 2.45) is 0 Å². The molecule has 94 valence electrons. The van der Waals surface area contributed by atoms with Gasteiger partial charge in [-0.2, -0.15) is 0 Å². The summed E-state index contributed by atoms with van der Waals surface area (Å²) in [4.78, 5) is 0. The van der Waals surface area contributed by atoms with Gasteiger partial charge in [0.15, 0.2) is 0 Å². The monoisotopic (exact) mass is 372 g/mol. The fourth-order valence-corrected chi connectivity index (χ4v) is 2.40. The van der Waals surface area contributed by atoms with Crippen LogP contribution in [0.2, 0.25) is 0 Å². The molecule has 0 heterocycles. The zero-order valence-electron chi connectivity index (χ0n) is 9.41. The number of aliphatic hydroxyl groups is 1. The van der Waals surface area contributed by atoms with Gasteiger partial charge < -0.3 is 5.11 Å². The lowest BCUT2D eigenvalue weighted by Gasteiger charge is -2.12. The highest BCUT2D eigenvalue weighted by Gasteiger charge is 2.12. The van der Waals surface area contributed by atoms with Crippen molar-refractivity contribution in [1.82, 2.24) is 0 Å². The van der Waals surface area contributed by atoms with E-state index in [0.717, 1.165) is 10.0 Å². The van der Waals surface area contributed by atoms with Gasteiger partial charge in [0.2, 0.25) is 0 Å². The summed E-state index contributed by atoms with van der Waals surface area (Å²) in [5, 5.41) is 10.1. The Morgan fingerprint density at radius 1 is 1.06 bits per heavy atom. The number of aliphatic hydroxyl groups excluding tert-OH is 1. The first-order valence-corrected chi connectivity index (χ1v) is 7.03. The molecular formula is C14H11Br2FO. The van der Waals surface area contributed by atoms with Crippen LogP contribution in [0.15, 0.2) is 51.4 Å². The SMILES string of the molecule is OC(Cc1ccccc1Br)c1ccc(Br)c(F)c1. The van der Waals surface area contributed by atoms with E-state index in [0.29, 0.717) is 16.5 Å². The molecule has 1 unspecified atom stereocenters. The van der Waals surface area contributed by atoms with E-state index in [9.17, 15) is 9.50 Å². The van der Waals surface area contributed by atoms with Crippen molar-refractivity contribution >= 4 is 31.9 Å². The second-order valence-corrected chi connectivity index (χ2v) is 5.69. The summed E-state index contributed by atoms with van der Waals surface area (Å²) in [6, 6.07) is 12.4. The van der Waals surface area contributed by atoms with Gasteiger partial charge in [-0.1, -0.05) is 40.2 Å². The lowest BCUT2D eigenvalue weighted by atomic mass is 10.0. The Balaban J connectivity index is 2.19. The molecule has 0 radical (unpaired) electrons. The van der Waals surface area contributed by atoms with E-state index in [1.807, 2.05) is 24.3 Å². The van der Waals surface area contributed by atoms with Gasteiger partial charge in [-0.15, -0.1) is 0 Å². The number of benzene rings is 2. The minimum atomic E-state index is -0.716. The maximum Gasteiger partial charge on any atom is 0.137 e. The van der Waals surface area contributed by atoms with Gasteiger partial charge in [0, 0.05) is 10.9 Å². The maximum absolute atomic E-state index is 13.4. The molecule has 4 heteroatoms. The molecule has 0 saturated carbocycles. The summed E-state index contributed by atoms with van der Waals surface area (Å²) in [7, 11) is 0. The Kier molecular flexibility index (Phi) is 4.54. The lowest BCUT2D eigenvalue weighted by molar-refractivity contribution is 0.178. The summed E-state index contributed by atoms with van der Waals surface area (Å²) in [6.45, 7) is 0. The maximum atomic E-state index is 13.4. The van der Waals surface area contributed by atoms with Gasteiger partial charge >= 0.3 is 0 Å². The number of hydrogen-bond donors (Lipinski definition) is 1. The molecule has 2 aromatic rings. The van der Waals surface area contributed by atoms with Gasteiger partial charge in [0.25, 0.3) is 0 Å². The number of rotatable bonds is 3. The molecule has 0 saturated heterocycles. The topological polar surface area (TPSA) is 20.2 Å². The molecule has 0 aliphatic carbocycles. The molecule has 0 amide bonds. The predicted octanol–water partition coefficient (Wildman–Crippen LogP) is 4.63. The van der Waals surface area contributed by atoms with Crippen LogP contribution in [0, 0.1) is 5.82 Å². The van der Waals surface area contributed by atoms with E-state index in [4.69, 9.17) is 0 Å². The highest BCUT2D eigenvalue weighted by molar-refractivity contribution is 9.10. The Morgan fingerprint density at radius 3 is 2.44 bits per heavy atom. The van der Waals surface area contributed by atoms with Crippen LogP contribution >= 0.6 is 31.9 Å². The summed E-state index contributed by atoms with van der Waals surface area (Å²) in [5.74, 6) is -0.362. The van der Waals surface area contributed by atoms with Crippen molar-refractivity contribution in [2.75, 3.05) is 0 Å². The average Bonchev–Trinajstić information content (AvgIpc) is 2.35. The highest BCUT2D eigenvalue weighted by Crippen LogP contribution is 2.26. The fraction of sp³-hybridized carbons (Fsp3) is 0.143. The molecular weight excluding hydrogens is 363 g/mol. The standard InChI is InChI=1S/C14H11Br2FO/c15-11-4-2-1-3-9(11)8-14(18)10-5-6-12(16)13(17)7-10/h1-7,14,18H,8H2. The molecule has 0 aliphatic heterocycles. The third kappa shape index (κ3) is 3.19. The van der Waals surface area contributed by atoms with Gasteiger partial charge in [-0.3, -0.25) is 0 Å². The van der Waals surface area contributed by atoms with E-state index < -0.39 is 6.10 Å². The lowest BCUT2D eigenvalue weighted by Crippen LogP contribution is -2.03. The van der Waals surface area contributed by atoms with E-state index >= 15 is 0 Å². The summed E-state index contributed by atoms with van der Waals surface area (Å²) >= 11 is 6.52. The van der Waals surface area contributed by atoms with Crippen molar-refractivity contribution in [3.05, 3.63) is 68.4 Å². The first kappa shape index (κ1) is 13.7. The number of hydrogen-bond acceptors (Lipinski definition) is 1. The Bertz CT molecular complexity index is 557. The highest BCUT2D eigenvalue weighted by atomic mass is 79.9. The summed E-state index contributed by atoms with van der Waals surface area (Å²) in [6.07, 6.45) is -0.269. The Morgan fingerprint density at radius 2 is 1.78 bits per heavy atom. The molecule has 0 fully saturated rings. The van der Waals surface area contributed by atoms with Crippen molar-refractivity contribution in [3.8, 4) is 0 Å². The average molecular weight is 374 g/mol. The van der Waals surface area contributed by atoms with Crippen LogP contribution in [-0.2, 0) is 6.42 Å². The molecule has 1 N–H and O–H groups in total. The van der Waals surface area contributed by atoms with E-state index in [-0.39, 0.29) is 5.82 Å². The molecule has 2 aromatic carbocycles. The van der Waals surface area contributed by atoms with Gasteiger partial charge in [0.1, 0.15) is 5.82 Å². The Labute approximate surface area is 122 Å². The van der Waals surface area contributed by atoms with Crippen molar-refractivity contribution in [1.29, 1.82) is 0 Å². The van der Waals surface area contributed by atoms with Crippen LogP contribution < -0.4 is 0 Å². The van der Waals surface area contributed by atoms with E-state index in [1.54, 1.807) is 12.1 Å². The molecule has 0 aliphatic rings. The van der Waals surface area contributed by atoms with Crippen LogP contribution in [0.25, 0.3) is 0 Å². The zero-order valence-corrected chi connectivity index (χ0v) is 12.6. The van der Waals surface area contributed by atoms with Crippen LogP contribution in [0.1, 0.15) is 17.2 Å². The predicted molar refractivity (Wildman–Crippen MR) is 76.9 cm³/mol. The molecule has 2 rings (SSSR count). The second-order valence-electron chi connectivity index (χ2n) is 3.98. The van der Waals surface area contributed by atoms with Crippen LogP contribution in [-0.4, -0.2) is 5.11 Å². The minimum absolute atomic E-state index is 0.362. The fourth-order valence-electron chi connectivity index (χ4n) is 1.71. The minimum Gasteiger partial charge on any atom is -0.388 e. The largest absolute Gasteiger partial charge is 0.388 e. The van der Waals surface area contributed by atoms with E-state index in [2.05, 4.69) is 31.9 Å². The smallest absolute Gasteiger partial charge is 0.137 e. The first-order valence-electron chi connectivity index (χ1n) is 5.44. The van der Waals surface area contributed by atoms with Crippen molar-refractivity contribution < 1.29 is 9.50 Å². The summed E-state index contributed by atoms with van der Waals surface area (Å²) < 4.78 is 14.7. The summed E-state index contributed by atoms with van der Waals surface area (Å²) in [5.41, 5.74) is 1.57. The zero-order chi connectivity index (χ0) is 13.1. The first-order chi connectivity index (χ1) is 8.58. The molecule has 18 heavy (non-hydrogen) atoms. The molecule has 1 nitrogen and oxygen atoms in total. The second kappa shape index (κ2) is 5.95. The normalized spacial score (nSPS) is 12.4. The van der Waals surface area contributed by atoms with Gasteiger partial charge in [0.05, 0.1) is 10.6 Å². The molecule has 0 aromatic heterocycles. The third-order valence-corrected chi connectivity index (χ3v) is 4.12. The van der Waals surface area contributed by atoms with Crippen LogP contribution in [0.4, 0.5) is 4.39 Å². The molecule has 0 bridgehead atoms.